The van der Waals surface area contributed by atoms with Crippen LogP contribution in [0, 0.1) is 11.3 Å². The lowest BCUT2D eigenvalue weighted by atomic mass is 9.73. The van der Waals surface area contributed by atoms with Crippen molar-refractivity contribution in [3.8, 4) is 0 Å². The molecule has 29 heavy (non-hydrogen) atoms. The Kier molecular flexibility index (Phi) is 13.3. The van der Waals surface area contributed by atoms with Gasteiger partial charge >= 0.3 is 5.97 Å². The number of carboxylic acid groups (broad SMARTS) is 3. The second-order valence-corrected chi connectivity index (χ2v) is 7.34. The maximum absolute atomic E-state index is 11.9. The number of aliphatic hydroxyl groups excluding tert-OH is 1. The monoisotopic (exact) mass is 415 g/mol. The molecule has 1 aliphatic rings. The van der Waals surface area contributed by atoms with Gasteiger partial charge in [0, 0.05) is 32.0 Å². The topological polar surface area (TPSA) is 153 Å². The molecule has 166 valence electrons. The molecule has 0 aromatic carbocycles. The molecule has 2 heterocycles. The van der Waals surface area contributed by atoms with Crippen molar-refractivity contribution in [2.45, 2.75) is 52.2 Å². The molecule has 1 fully saturated rings. The molecule has 2 rings (SSSR count). The van der Waals surface area contributed by atoms with Crippen molar-refractivity contribution in [1.29, 1.82) is 0 Å². The van der Waals surface area contributed by atoms with Gasteiger partial charge in [0.1, 0.15) is 5.41 Å². The van der Waals surface area contributed by atoms with Gasteiger partial charge in [-0.2, -0.15) is 0 Å². The molecular formula is C19H33N3O7. The molecule has 4 N–H and O–H groups in total. The van der Waals surface area contributed by atoms with E-state index in [0.29, 0.717) is 25.3 Å². The van der Waals surface area contributed by atoms with E-state index in [1.165, 1.54) is 0 Å². The largest absolute Gasteiger partial charge is 0.483 e. The Labute approximate surface area is 170 Å². The van der Waals surface area contributed by atoms with Crippen LogP contribution in [-0.4, -0.2) is 79.5 Å². The number of imidazole rings is 1. The summed E-state index contributed by atoms with van der Waals surface area (Å²) in [6.07, 6.45) is 7.60. The van der Waals surface area contributed by atoms with Gasteiger partial charge in [-0.25, -0.2) is 4.98 Å². The standard InChI is InChI=1S/C17H29N3O3.2CH2O2/c1-14(2)4-6-17(16(22)23)12-19(10-5-15(17)21)8-3-9-20-11-7-18-13-20;2*2-1-3/h7,11,13-15,21H,3-6,8-10,12H2,1-2H3,(H,22,23);2*1H,(H,2,3)/t15-,17-;;/m1../s1. The summed E-state index contributed by atoms with van der Waals surface area (Å²) in [5, 5.41) is 33.9. The molecular weight excluding hydrogens is 382 g/mol. The van der Waals surface area contributed by atoms with Crippen LogP contribution in [0.2, 0.25) is 0 Å². The Balaban J connectivity index is 0.00000116. The van der Waals surface area contributed by atoms with Crippen LogP contribution in [0.15, 0.2) is 18.7 Å². The van der Waals surface area contributed by atoms with Crippen LogP contribution >= 0.6 is 0 Å². The van der Waals surface area contributed by atoms with Crippen LogP contribution in [0.3, 0.4) is 0 Å². The molecule has 10 heteroatoms. The third-order valence-electron chi connectivity index (χ3n) is 4.91. The summed E-state index contributed by atoms with van der Waals surface area (Å²) in [6.45, 7) is 6.62. The average Bonchev–Trinajstić information content (AvgIpc) is 3.16. The number of aliphatic carboxylic acids is 1. The predicted octanol–water partition coefficient (Wildman–Crippen LogP) is 1.25. The van der Waals surface area contributed by atoms with Crippen LogP contribution in [0.4, 0.5) is 0 Å². The summed E-state index contributed by atoms with van der Waals surface area (Å²) in [5.74, 6) is -0.417. The van der Waals surface area contributed by atoms with E-state index >= 15 is 0 Å². The number of hydrogen-bond acceptors (Lipinski definition) is 6. The first-order valence-electron chi connectivity index (χ1n) is 9.52. The van der Waals surface area contributed by atoms with E-state index in [1.807, 2.05) is 10.8 Å². The zero-order valence-corrected chi connectivity index (χ0v) is 17.1. The Morgan fingerprint density at radius 1 is 1.28 bits per heavy atom. The second kappa shape index (κ2) is 14.5. The molecule has 0 unspecified atom stereocenters. The van der Waals surface area contributed by atoms with Crippen molar-refractivity contribution < 1.29 is 34.8 Å². The van der Waals surface area contributed by atoms with Crippen molar-refractivity contribution in [1.82, 2.24) is 14.5 Å². The fourth-order valence-corrected chi connectivity index (χ4v) is 3.36. The molecule has 0 saturated carbocycles. The zero-order valence-electron chi connectivity index (χ0n) is 17.1. The first kappa shape index (κ1) is 26.5. The lowest BCUT2D eigenvalue weighted by Crippen LogP contribution is -2.56. The van der Waals surface area contributed by atoms with E-state index in [1.54, 1.807) is 12.5 Å². The number of carboxylic acids is 1. The highest BCUT2D eigenvalue weighted by Crippen LogP contribution is 2.36. The Hall–Kier alpha value is -2.46. The van der Waals surface area contributed by atoms with Gasteiger partial charge in [-0.05, 0) is 38.1 Å². The minimum absolute atomic E-state index is 0.250. The number of aliphatic hydroxyl groups is 1. The van der Waals surface area contributed by atoms with E-state index in [9.17, 15) is 15.0 Å². The maximum Gasteiger partial charge on any atom is 0.313 e. The van der Waals surface area contributed by atoms with E-state index in [-0.39, 0.29) is 12.9 Å². The van der Waals surface area contributed by atoms with Gasteiger partial charge < -0.3 is 29.9 Å². The summed E-state index contributed by atoms with van der Waals surface area (Å²) in [4.78, 5) is 34.8. The average molecular weight is 415 g/mol. The number of hydrogen-bond donors (Lipinski definition) is 4. The minimum atomic E-state index is -1.02. The van der Waals surface area contributed by atoms with Crippen LogP contribution in [-0.2, 0) is 20.9 Å². The van der Waals surface area contributed by atoms with Crippen LogP contribution in [0.1, 0.15) is 39.5 Å². The molecule has 10 nitrogen and oxygen atoms in total. The first-order chi connectivity index (χ1) is 13.8. The van der Waals surface area contributed by atoms with Crippen molar-refractivity contribution in [3.05, 3.63) is 18.7 Å². The lowest BCUT2D eigenvalue weighted by Gasteiger charge is -2.43. The van der Waals surface area contributed by atoms with E-state index in [0.717, 1.165) is 32.5 Å². The van der Waals surface area contributed by atoms with Crippen LogP contribution in [0.25, 0.3) is 0 Å². The fourth-order valence-electron chi connectivity index (χ4n) is 3.36. The summed E-state index contributed by atoms with van der Waals surface area (Å²) in [5.41, 5.74) is -1.02. The summed E-state index contributed by atoms with van der Waals surface area (Å²) >= 11 is 0. The minimum Gasteiger partial charge on any atom is -0.483 e. The van der Waals surface area contributed by atoms with Gasteiger partial charge in [-0.15, -0.1) is 0 Å². The quantitative estimate of drug-likeness (QED) is 0.459. The lowest BCUT2D eigenvalue weighted by molar-refractivity contribution is -0.164. The van der Waals surface area contributed by atoms with Gasteiger partial charge in [-0.3, -0.25) is 14.4 Å². The van der Waals surface area contributed by atoms with Gasteiger partial charge in [0.15, 0.2) is 0 Å². The van der Waals surface area contributed by atoms with Crippen LogP contribution < -0.4 is 0 Å². The van der Waals surface area contributed by atoms with E-state index in [2.05, 4.69) is 23.7 Å². The summed E-state index contributed by atoms with van der Waals surface area (Å²) in [6, 6.07) is 0. The molecule has 1 aromatic heterocycles. The normalized spacial score (nSPS) is 21.3. The third kappa shape index (κ3) is 9.53. The molecule has 0 spiro atoms. The number of aromatic nitrogens is 2. The number of aryl methyl sites for hydroxylation is 1. The molecule has 0 radical (unpaired) electrons. The fraction of sp³-hybridized carbons (Fsp3) is 0.684. The van der Waals surface area contributed by atoms with Gasteiger partial charge in [-0.1, -0.05) is 13.8 Å². The van der Waals surface area contributed by atoms with E-state index in [4.69, 9.17) is 19.8 Å². The molecule has 2 atom stereocenters. The second-order valence-electron chi connectivity index (χ2n) is 7.34. The highest BCUT2D eigenvalue weighted by atomic mass is 16.4. The number of nitrogens with zero attached hydrogens (tertiary/aromatic N) is 3. The van der Waals surface area contributed by atoms with Gasteiger partial charge in [0.25, 0.3) is 12.9 Å². The van der Waals surface area contributed by atoms with Gasteiger partial charge in [0.2, 0.25) is 0 Å². The molecule has 1 aliphatic heterocycles. The van der Waals surface area contributed by atoms with Crippen molar-refractivity contribution in [2.24, 2.45) is 11.3 Å². The summed E-state index contributed by atoms with van der Waals surface area (Å²) < 4.78 is 2.03. The summed E-state index contributed by atoms with van der Waals surface area (Å²) in [7, 11) is 0. The molecule has 1 saturated heterocycles. The SMILES string of the molecule is CC(C)CC[C@@]1(C(=O)O)CN(CCCn2ccnc2)CC[C@H]1O.O=CO.O=CO. The smallest absolute Gasteiger partial charge is 0.313 e. The number of rotatable bonds is 8. The van der Waals surface area contributed by atoms with Crippen molar-refractivity contribution in [2.75, 3.05) is 19.6 Å². The molecule has 0 amide bonds. The zero-order chi connectivity index (χ0) is 22.3. The third-order valence-corrected chi connectivity index (χ3v) is 4.91. The number of likely N-dealkylation sites (tertiary alicyclic amines) is 1. The Morgan fingerprint density at radius 2 is 1.90 bits per heavy atom. The number of carbonyl (C=O) groups is 3. The maximum atomic E-state index is 11.9. The van der Waals surface area contributed by atoms with E-state index < -0.39 is 17.5 Å². The Bertz CT molecular complexity index is 574. The number of piperidine rings is 1. The molecule has 1 aromatic rings. The van der Waals surface area contributed by atoms with Gasteiger partial charge in [0.05, 0.1) is 12.4 Å². The highest BCUT2D eigenvalue weighted by Gasteiger charge is 2.48. The van der Waals surface area contributed by atoms with Crippen molar-refractivity contribution in [3.63, 3.8) is 0 Å². The predicted molar refractivity (Wildman–Crippen MR) is 105 cm³/mol. The highest BCUT2D eigenvalue weighted by molar-refractivity contribution is 5.76. The molecule has 0 bridgehead atoms. The molecule has 0 aliphatic carbocycles. The van der Waals surface area contributed by atoms with Crippen molar-refractivity contribution >= 4 is 18.9 Å². The Morgan fingerprint density at radius 3 is 2.38 bits per heavy atom. The van der Waals surface area contributed by atoms with Crippen LogP contribution in [0.5, 0.6) is 0 Å². The first-order valence-corrected chi connectivity index (χ1v) is 9.52.